The van der Waals surface area contributed by atoms with Gasteiger partial charge in [-0.2, -0.15) is 0 Å². The average Bonchev–Trinajstić information content (AvgIpc) is 3.06. The van der Waals surface area contributed by atoms with Crippen LogP contribution in [0.15, 0.2) is 65.8 Å². The summed E-state index contributed by atoms with van der Waals surface area (Å²) in [5, 5.41) is 0. The number of fused-ring (bicyclic) bond motifs is 1. The summed E-state index contributed by atoms with van der Waals surface area (Å²) in [6.07, 6.45) is 3.90. The van der Waals surface area contributed by atoms with Gasteiger partial charge >= 0.3 is 0 Å². The van der Waals surface area contributed by atoms with Crippen molar-refractivity contribution >= 4 is 21.4 Å². The Bertz CT molecular complexity index is 1310. The number of nitrogens with one attached hydrogen (secondary N) is 1. The van der Waals surface area contributed by atoms with Crippen LogP contribution in [0.2, 0.25) is 0 Å². The van der Waals surface area contributed by atoms with Crippen LogP contribution in [0.1, 0.15) is 22.3 Å². The fourth-order valence-electron chi connectivity index (χ4n) is 3.83. The third-order valence-electron chi connectivity index (χ3n) is 4.96. The first-order chi connectivity index (χ1) is 13.7. The summed E-state index contributed by atoms with van der Waals surface area (Å²) < 4.78 is 30.8. The summed E-state index contributed by atoms with van der Waals surface area (Å²) in [6, 6.07) is 15.1. The molecule has 0 aliphatic carbocycles. The lowest BCUT2D eigenvalue weighted by molar-refractivity contribution is 0.600. The molecule has 0 atom stereocenters. The van der Waals surface area contributed by atoms with Crippen molar-refractivity contribution in [3.05, 3.63) is 83.2 Å². The Balaban J connectivity index is 1.71. The molecule has 0 spiro atoms. The van der Waals surface area contributed by atoms with Crippen molar-refractivity contribution in [1.82, 2.24) is 9.38 Å². The molecule has 0 aliphatic heterocycles. The number of rotatable bonds is 4. The van der Waals surface area contributed by atoms with Crippen LogP contribution in [0.5, 0.6) is 0 Å². The smallest absolute Gasteiger partial charge is 0.262 e. The predicted octanol–water partition coefficient (Wildman–Crippen LogP) is 5.04. The highest BCUT2D eigenvalue weighted by atomic mass is 32.2. The first kappa shape index (κ1) is 19.2. The maximum absolute atomic E-state index is 13.1. The van der Waals surface area contributed by atoms with Crippen molar-refractivity contribution in [1.29, 1.82) is 0 Å². The van der Waals surface area contributed by atoms with E-state index in [0.29, 0.717) is 10.6 Å². The highest BCUT2D eigenvalue weighted by molar-refractivity contribution is 7.92. The molecule has 5 nitrogen and oxygen atoms in total. The van der Waals surface area contributed by atoms with Gasteiger partial charge in [-0.3, -0.25) is 4.72 Å². The Morgan fingerprint density at radius 2 is 1.62 bits per heavy atom. The van der Waals surface area contributed by atoms with Gasteiger partial charge in [0.05, 0.1) is 10.6 Å². The molecule has 148 valence electrons. The Kier molecular flexibility index (Phi) is 4.67. The van der Waals surface area contributed by atoms with Crippen LogP contribution in [0, 0.1) is 27.7 Å². The third kappa shape index (κ3) is 3.63. The molecule has 0 unspecified atom stereocenters. The molecule has 0 saturated heterocycles. The van der Waals surface area contributed by atoms with Gasteiger partial charge in [-0.15, -0.1) is 0 Å². The SMILES string of the molecule is Cc1cc(C)c(S(=O)(=O)Nc2cccc(-c3cn4cccc(C)c4n3)c2)c(C)c1. The molecule has 0 amide bonds. The molecule has 0 aliphatic rings. The normalized spacial score (nSPS) is 11.7. The van der Waals surface area contributed by atoms with E-state index in [9.17, 15) is 8.42 Å². The molecule has 6 heteroatoms. The highest BCUT2D eigenvalue weighted by Crippen LogP contribution is 2.27. The van der Waals surface area contributed by atoms with Gasteiger partial charge in [-0.1, -0.05) is 35.9 Å². The van der Waals surface area contributed by atoms with E-state index in [1.807, 2.05) is 87.0 Å². The molecule has 0 fully saturated rings. The molecule has 0 saturated carbocycles. The number of aromatic nitrogens is 2. The van der Waals surface area contributed by atoms with E-state index in [4.69, 9.17) is 4.98 Å². The lowest BCUT2D eigenvalue weighted by Gasteiger charge is -2.14. The van der Waals surface area contributed by atoms with E-state index in [1.165, 1.54) is 0 Å². The van der Waals surface area contributed by atoms with Crippen LogP contribution in [0.25, 0.3) is 16.9 Å². The number of pyridine rings is 1. The molecule has 2 aromatic heterocycles. The van der Waals surface area contributed by atoms with Gasteiger partial charge < -0.3 is 4.40 Å². The van der Waals surface area contributed by atoms with Gasteiger partial charge in [0.15, 0.2) is 0 Å². The fourth-order valence-corrected chi connectivity index (χ4v) is 5.34. The van der Waals surface area contributed by atoms with Gasteiger partial charge in [0.1, 0.15) is 5.65 Å². The summed E-state index contributed by atoms with van der Waals surface area (Å²) in [4.78, 5) is 5.03. The van der Waals surface area contributed by atoms with E-state index in [-0.39, 0.29) is 0 Å². The number of sulfonamides is 1. The Morgan fingerprint density at radius 1 is 0.897 bits per heavy atom. The van der Waals surface area contributed by atoms with Crippen LogP contribution in [-0.2, 0) is 10.0 Å². The Morgan fingerprint density at radius 3 is 2.31 bits per heavy atom. The standard InChI is InChI=1S/C23H23N3O2S/c1-15-11-17(3)22(18(4)12-15)29(27,28)25-20-9-5-8-19(13-20)21-14-26-10-6-7-16(2)23(26)24-21/h5-14,25H,1-4H3. The number of nitrogens with zero attached hydrogens (tertiary/aromatic N) is 2. The summed E-state index contributed by atoms with van der Waals surface area (Å²) in [5.41, 5.74) is 6.65. The minimum Gasteiger partial charge on any atom is -0.306 e. The summed E-state index contributed by atoms with van der Waals surface area (Å²) in [5.74, 6) is 0. The molecule has 1 N–H and O–H groups in total. The molecule has 2 heterocycles. The monoisotopic (exact) mass is 405 g/mol. The predicted molar refractivity (Wildman–Crippen MR) is 117 cm³/mol. The van der Waals surface area contributed by atoms with E-state index in [2.05, 4.69) is 4.72 Å². The molecular weight excluding hydrogens is 382 g/mol. The average molecular weight is 406 g/mol. The molecular formula is C23H23N3O2S. The quantitative estimate of drug-likeness (QED) is 0.518. The minimum atomic E-state index is -3.70. The zero-order chi connectivity index (χ0) is 20.8. The van der Waals surface area contributed by atoms with Crippen molar-refractivity contribution in [3.8, 4) is 11.3 Å². The first-order valence-corrected chi connectivity index (χ1v) is 10.9. The zero-order valence-electron chi connectivity index (χ0n) is 16.9. The topological polar surface area (TPSA) is 63.5 Å². The Labute approximate surface area is 171 Å². The molecule has 0 bridgehead atoms. The number of imidazole rings is 1. The highest BCUT2D eigenvalue weighted by Gasteiger charge is 2.20. The van der Waals surface area contributed by atoms with Crippen LogP contribution in [-0.4, -0.2) is 17.8 Å². The van der Waals surface area contributed by atoms with Gasteiger partial charge in [0.2, 0.25) is 0 Å². The molecule has 2 aromatic carbocycles. The van der Waals surface area contributed by atoms with Gasteiger partial charge in [0, 0.05) is 23.6 Å². The van der Waals surface area contributed by atoms with Gasteiger partial charge in [-0.05, 0) is 62.6 Å². The number of anilines is 1. The van der Waals surface area contributed by atoms with Crippen molar-refractivity contribution in [2.45, 2.75) is 32.6 Å². The zero-order valence-corrected chi connectivity index (χ0v) is 17.7. The van der Waals surface area contributed by atoms with E-state index in [0.717, 1.165) is 39.2 Å². The summed E-state index contributed by atoms with van der Waals surface area (Å²) in [6.45, 7) is 7.63. The molecule has 0 radical (unpaired) electrons. The van der Waals surface area contributed by atoms with Gasteiger partial charge in [0.25, 0.3) is 10.0 Å². The van der Waals surface area contributed by atoms with E-state index >= 15 is 0 Å². The maximum Gasteiger partial charge on any atom is 0.262 e. The van der Waals surface area contributed by atoms with Crippen molar-refractivity contribution < 1.29 is 8.42 Å². The van der Waals surface area contributed by atoms with Gasteiger partial charge in [-0.25, -0.2) is 13.4 Å². The number of benzene rings is 2. The van der Waals surface area contributed by atoms with Crippen molar-refractivity contribution in [2.75, 3.05) is 4.72 Å². The van der Waals surface area contributed by atoms with Crippen LogP contribution in [0.3, 0.4) is 0 Å². The number of hydrogen-bond donors (Lipinski definition) is 1. The third-order valence-corrected chi connectivity index (χ3v) is 6.65. The maximum atomic E-state index is 13.1. The second-order valence-electron chi connectivity index (χ2n) is 7.46. The fraction of sp³-hybridized carbons (Fsp3) is 0.174. The Hall–Kier alpha value is -3.12. The first-order valence-electron chi connectivity index (χ1n) is 9.40. The molecule has 29 heavy (non-hydrogen) atoms. The second kappa shape index (κ2) is 7.04. The van der Waals surface area contributed by atoms with Crippen LogP contribution < -0.4 is 4.72 Å². The summed E-state index contributed by atoms with van der Waals surface area (Å²) >= 11 is 0. The lowest BCUT2D eigenvalue weighted by Crippen LogP contribution is -2.16. The second-order valence-corrected chi connectivity index (χ2v) is 9.08. The lowest BCUT2D eigenvalue weighted by atomic mass is 10.1. The van der Waals surface area contributed by atoms with Crippen molar-refractivity contribution in [3.63, 3.8) is 0 Å². The van der Waals surface area contributed by atoms with E-state index in [1.54, 1.807) is 6.07 Å². The molecule has 4 rings (SSSR count). The minimum absolute atomic E-state index is 0.330. The molecule has 4 aromatic rings. The van der Waals surface area contributed by atoms with Crippen LogP contribution in [0.4, 0.5) is 5.69 Å². The summed E-state index contributed by atoms with van der Waals surface area (Å²) in [7, 11) is -3.70. The number of hydrogen-bond acceptors (Lipinski definition) is 3. The largest absolute Gasteiger partial charge is 0.306 e. The number of aryl methyl sites for hydroxylation is 4. The van der Waals surface area contributed by atoms with Crippen molar-refractivity contribution in [2.24, 2.45) is 0 Å². The van der Waals surface area contributed by atoms with E-state index < -0.39 is 10.0 Å². The van der Waals surface area contributed by atoms with Crippen LogP contribution >= 0.6 is 0 Å².